The normalized spacial score (nSPS) is 18.5. The maximum absolute atomic E-state index is 12.8. The lowest BCUT2D eigenvalue weighted by Gasteiger charge is -2.28. The Morgan fingerprint density at radius 1 is 1.13 bits per heavy atom. The van der Waals surface area contributed by atoms with Crippen molar-refractivity contribution in [3.63, 3.8) is 0 Å². The first-order chi connectivity index (χ1) is 14.7. The summed E-state index contributed by atoms with van der Waals surface area (Å²) >= 11 is 1.63. The zero-order chi connectivity index (χ0) is 20.9. The number of para-hydroxylation sites is 2. The number of carbonyl (C=O) groups is 2. The second kappa shape index (κ2) is 9.06. The van der Waals surface area contributed by atoms with Crippen LogP contribution >= 0.6 is 11.3 Å². The third-order valence-corrected chi connectivity index (χ3v) is 6.53. The first-order valence-electron chi connectivity index (χ1n) is 9.97. The molecule has 1 aromatic heterocycles. The SMILES string of the molecule is N#Cc1ccccc1NC(=O)COC(=O)[C@H]1CCCC[C@H]1c1nc2ccccc2s1. The standard InChI is InChI=1S/C23H21N3O3S/c24-13-15-7-1-4-10-18(15)25-21(27)14-29-23(28)17-9-3-2-8-16(17)22-26-19-11-5-6-12-20(19)30-22/h1,4-7,10-12,16-17H,2-3,8-9,14H2,(H,25,27)/t16-,17+/m1/s1. The van der Waals surface area contributed by atoms with E-state index < -0.39 is 5.91 Å². The molecule has 1 saturated carbocycles. The lowest BCUT2D eigenvalue weighted by molar-refractivity contribution is -0.153. The summed E-state index contributed by atoms with van der Waals surface area (Å²) in [6.45, 7) is -0.373. The number of ether oxygens (including phenoxy) is 1. The van der Waals surface area contributed by atoms with Crippen LogP contribution < -0.4 is 5.32 Å². The summed E-state index contributed by atoms with van der Waals surface area (Å²) < 4.78 is 6.47. The molecule has 1 aliphatic rings. The van der Waals surface area contributed by atoms with E-state index in [9.17, 15) is 9.59 Å². The van der Waals surface area contributed by atoms with Gasteiger partial charge >= 0.3 is 5.97 Å². The van der Waals surface area contributed by atoms with Gasteiger partial charge in [-0.25, -0.2) is 4.98 Å². The van der Waals surface area contributed by atoms with Gasteiger partial charge in [-0.1, -0.05) is 37.1 Å². The smallest absolute Gasteiger partial charge is 0.310 e. The van der Waals surface area contributed by atoms with Gasteiger partial charge in [0.15, 0.2) is 6.61 Å². The molecule has 1 amide bonds. The van der Waals surface area contributed by atoms with Crippen molar-refractivity contribution in [2.75, 3.05) is 11.9 Å². The number of carbonyl (C=O) groups excluding carboxylic acids is 2. The van der Waals surface area contributed by atoms with Gasteiger partial charge in [-0.3, -0.25) is 9.59 Å². The first-order valence-corrected chi connectivity index (χ1v) is 10.8. The Hall–Kier alpha value is -3.24. The van der Waals surface area contributed by atoms with Gasteiger partial charge in [-0.2, -0.15) is 5.26 Å². The minimum atomic E-state index is -0.460. The summed E-state index contributed by atoms with van der Waals surface area (Å²) in [5.74, 6) is -1.09. The average molecular weight is 420 g/mol. The predicted molar refractivity (Wildman–Crippen MR) is 115 cm³/mol. The number of thiazole rings is 1. The van der Waals surface area contributed by atoms with Crippen LogP contribution in [0.4, 0.5) is 5.69 Å². The van der Waals surface area contributed by atoms with Crippen LogP contribution in [0.3, 0.4) is 0 Å². The second-order valence-electron chi connectivity index (χ2n) is 7.33. The summed E-state index contributed by atoms with van der Waals surface area (Å²) in [7, 11) is 0. The Balaban J connectivity index is 1.41. The zero-order valence-electron chi connectivity index (χ0n) is 16.3. The fraction of sp³-hybridized carbons (Fsp3) is 0.304. The number of fused-ring (bicyclic) bond motifs is 1. The van der Waals surface area contributed by atoms with Crippen molar-refractivity contribution >= 4 is 39.1 Å². The van der Waals surface area contributed by atoms with E-state index in [2.05, 4.69) is 5.32 Å². The van der Waals surface area contributed by atoms with Gasteiger partial charge in [0.05, 0.1) is 32.4 Å². The Bertz CT molecular complexity index is 1090. The highest BCUT2D eigenvalue weighted by atomic mass is 32.1. The molecule has 2 atom stereocenters. The van der Waals surface area contributed by atoms with Gasteiger partial charge in [-0.15, -0.1) is 11.3 Å². The van der Waals surface area contributed by atoms with Crippen molar-refractivity contribution in [3.8, 4) is 6.07 Å². The molecule has 152 valence electrons. The highest BCUT2D eigenvalue weighted by Crippen LogP contribution is 2.41. The molecule has 1 fully saturated rings. The maximum atomic E-state index is 12.8. The van der Waals surface area contributed by atoms with Crippen LogP contribution in [0.25, 0.3) is 10.2 Å². The summed E-state index contributed by atoms with van der Waals surface area (Å²) in [5, 5.41) is 12.7. The number of nitrogens with one attached hydrogen (secondary N) is 1. The number of nitriles is 1. The molecule has 0 saturated heterocycles. The molecule has 2 aromatic carbocycles. The highest BCUT2D eigenvalue weighted by molar-refractivity contribution is 7.18. The van der Waals surface area contributed by atoms with Crippen molar-refractivity contribution in [2.45, 2.75) is 31.6 Å². The van der Waals surface area contributed by atoms with Crippen molar-refractivity contribution in [1.29, 1.82) is 5.26 Å². The minimum absolute atomic E-state index is 0.0195. The van der Waals surface area contributed by atoms with Crippen molar-refractivity contribution in [2.24, 2.45) is 5.92 Å². The van der Waals surface area contributed by atoms with E-state index in [-0.39, 0.29) is 24.4 Å². The molecule has 30 heavy (non-hydrogen) atoms. The second-order valence-corrected chi connectivity index (χ2v) is 8.39. The molecule has 0 unspecified atom stereocenters. The Morgan fingerprint density at radius 2 is 1.90 bits per heavy atom. The monoisotopic (exact) mass is 419 g/mol. The van der Waals surface area contributed by atoms with Gasteiger partial charge < -0.3 is 10.1 Å². The molecule has 0 spiro atoms. The van der Waals surface area contributed by atoms with E-state index >= 15 is 0 Å². The van der Waals surface area contributed by atoms with E-state index in [1.165, 1.54) is 0 Å². The molecule has 1 aliphatic carbocycles. The minimum Gasteiger partial charge on any atom is -0.455 e. The number of rotatable bonds is 5. The summed E-state index contributed by atoms with van der Waals surface area (Å²) in [5.41, 5.74) is 1.72. The molecule has 4 rings (SSSR count). The highest BCUT2D eigenvalue weighted by Gasteiger charge is 2.35. The molecule has 7 heteroatoms. The molecular weight excluding hydrogens is 398 g/mol. The lowest BCUT2D eigenvalue weighted by atomic mass is 9.79. The van der Waals surface area contributed by atoms with Crippen LogP contribution in [0.15, 0.2) is 48.5 Å². The van der Waals surface area contributed by atoms with Gasteiger partial charge in [0.2, 0.25) is 0 Å². The molecule has 6 nitrogen and oxygen atoms in total. The molecule has 0 bridgehead atoms. The lowest BCUT2D eigenvalue weighted by Crippen LogP contribution is -2.30. The summed E-state index contributed by atoms with van der Waals surface area (Å²) in [6.07, 6.45) is 3.64. The Kier molecular flexibility index (Phi) is 6.05. The number of hydrogen-bond acceptors (Lipinski definition) is 6. The molecule has 3 aromatic rings. The van der Waals surface area contributed by atoms with E-state index in [0.717, 1.165) is 40.9 Å². The fourth-order valence-electron chi connectivity index (χ4n) is 3.88. The fourth-order valence-corrected chi connectivity index (χ4v) is 5.04. The van der Waals surface area contributed by atoms with Crippen LogP contribution in [0.5, 0.6) is 0 Å². The van der Waals surface area contributed by atoms with Gasteiger partial charge in [0.25, 0.3) is 5.91 Å². The zero-order valence-corrected chi connectivity index (χ0v) is 17.2. The number of aromatic nitrogens is 1. The van der Waals surface area contributed by atoms with E-state index in [1.54, 1.807) is 35.6 Å². The van der Waals surface area contributed by atoms with E-state index in [1.807, 2.05) is 30.3 Å². The van der Waals surface area contributed by atoms with Gasteiger partial charge in [0, 0.05) is 5.92 Å². The largest absolute Gasteiger partial charge is 0.455 e. The topological polar surface area (TPSA) is 92.1 Å². The Labute approximate surface area is 178 Å². The summed E-state index contributed by atoms with van der Waals surface area (Å²) in [4.78, 5) is 29.8. The van der Waals surface area contributed by atoms with E-state index in [4.69, 9.17) is 15.0 Å². The first kappa shape index (κ1) is 20.0. The Morgan fingerprint density at radius 3 is 2.73 bits per heavy atom. The molecule has 0 radical (unpaired) electrons. The number of benzene rings is 2. The van der Waals surface area contributed by atoms with Gasteiger partial charge in [0.1, 0.15) is 6.07 Å². The number of hydrogen-bond donors (Lipinski definition) is 1. The van der Waals surface area contributed by atoms with Gasteiger partial charge in [-0.05, 0) is 37.1 Å². The van der Waals surface area contributed by atoms with Crippen LogP contribution in [-0.2, 0) is 14.3 Å². The van der Waals surface area contributed by atoms with Crippen LogP contribution in [0.2, 0.25) is 0 Å². The van der Waals surface area contributed by atoms with Crippen molar-refractivity contribution in [1.82, 2.24) is 4.98 Å². The average Bonchev–Trinajstić information content (AvgIpc) is 3.22. The molecule has 0 aliphatic heterocycles. The third-order valence-electron chi connectivity index (χ3n) is 5.36. The van der Waals surface area contributed by atoms with Crippen LogP contribution in [0.1, 0.15) is 42.2 Å². The number of amides is 1. The van der Waals surface area contributed by atoms with Crippen LogP contribution in [-0.4, -0.2) is 23.5 Å². The van der Waals surface area contributed by atoms with Crippen LogP contribution in [0, 0.1) is 17.2 Å². The molecule has 1 heterocycles. The third kappa shape index (κ3) is 4.34. The summed E-state index contributed by atoms with van der Waals surface area (Å²) in [6, 6.07) is 16.7. The number of anilines is 1. The number of esters is 1. The molecular formula is C23H21N3O3S. The molecule has 1 N–H and O–H groups in total. The number of nitrogens with zero attached hydrogens (tertiary/aromatic N) is 2. The maximum Gasteiger partial charge on any atom is 0.310 e. The predicted octanol–water partition coefficient (Wildman–Crippen LogP) is 4.62. The quantitative estimate of drug-likeness (QED) is 0.609. The van der Waals surface area contributed by atoms with E-state index in [0.29, 0.717) is 11.3 Å². The van der Waals surface area contributed by atoms with Crippen molar-refractivity contribution < 1.29 is 14.3 Å². The van der Waals surface area contributed by atoms with Crippen molar-refractivity contribution in [3.05, 3.63) is 59.1 Å².